The number of hydrogen-bond donors (Lipinski definition) is 1. The minimum Gasteiger partial charge on any atom is -0.324 e. The van der Waals surface area contributed by atoms with Gasteiger partial charge in [-0.15, -0.1) is 0 Å². The summed E-state index contributed by atoms with van der Waals surface area (Å²) in [6.07, 6.45) is 5.85. The van der Waals surface area contributed by atoms with Crippen molar-refractivity contribution in [3.05, 3.63) is 51.8 Å². The van der Waals surface area contributed by atoms with Crippen molar-refractivity contribution >= 4 is 15.9 Å². The fourth-order valence-corrected chi connectivity index (χ4v) is 2.61. The van der Waals surface area contributed by atoms with Crippen LogP contribution in [0.3, 0.4) is 0 Å². The van der Waals surface area contributed by atoms with Crippen molar-refractivity contribution in [2.45, 2.75) is 25.8 Å². The number of benzene rings is 1. The lowest BCUT2D eigenvalue weighted by atomic mass is 9.97. The highest BCUT2D eigenvalue weighted by Gasteiger charge is 2.09. The van der Waals surface area contributed by atoms with Gasteiger partial charge in [-0.25, -0.2) is 0 Å². The zero-order valence-corrected chi connectivity index (χ0v) is 12.3. The Morgan fingerprint density at radius 2 is 2.22 bits per heavy atom. The van der Waals surface area contributed by atoms with Crippen LogP contribution in [0.1, 0.15) is 29.2 Å². The first-order valence-electron chi connectivity index (χ1n) is 6.05. The second-order valence-electron chi connectivity index (χ2n) is 4.67. The van der Waals surface area contributed by atoms with E-state index < -0.39 is 0 Å². The third-order valence-electron chi connectivity index (χ3n) is 3.13. The SMILES string of the molecule is Cc1cc(Br)ccc1C(N)CCc1cnn(C)c1. The molecule has 0 fully saturated rings. The van der Waals surface area contributed by atoms with Crippen molar-refractivity contribution in [2.75, 3.05) is 0 Å². The van der Waals surface area contributed by atoms with Crippen molar-refractivity contribution in [1.29, 1.82) is 0 Å². The summed E-state index contributed by atoms with van der Waals surface area (Å²) < 4.78 is 2.93. The number of halogens is 1. The van der Waals surface area contributed by atoms with Gasteiger partial charge in [-0.3, -0.25) is 4.68 Å². The van der Waals surface area contributed by atoms with Crippen LogP contribution in [0.2, 0.25) is 0 Å². The summed E-state index contributed by atoms with van der Waals surface area (Å²) in [6, 6.07) is 6.34. The summed E-state index contributed by atoms with van der Waals surface area (Å²) in [5, 5.41) is 4.17. The zero-order chi connectivity index (χ0) is 13.1. The molecule has 1 aromatic heterocycles. The molecule has 0 aliphatic rings. The van der Waals surface area contributed by atoms with Gasteiger partial charge in [0.15, 0.2) is 0 Å². The van der Waals surface area contributed by atoms with Gasteiger partial charge in [-0.1, -0.05) is 22.0 Å². The summed E-state index contributed by atoms with van der Waals surface area (Å²) >= 11 is 3.47. The monoisotopic (exact) mass is 307 g/mol. The van der Waals surface area contributed by atoms with Crippen molar-refractivity contribution in [2.24, 2.45) is 12.8 Å². The summed E-state index contributed by atoms with van der Waals surface area (Å²) in [4.78, 5) is 0. The molecule has 1 aromatic carbocycles. The molecule has 4 heteroatoms. The van der Waals surface area contributed by atoms with Crippen molar-refractivity contribution in [1.82, 2.24) is 9.78 Å². The Morgan fingerprint density at radius 3 is 2.83 bits per heavy atom. The van der Waals surface area contributed by atoms with E-state index in [4.69, 9.17) is 5.73 Å². The van der Waals surface area contributed by atoms with Gasteiger partial charge in [0.1, 0.15) is 0 Å². The normalized spacial score (nSPS) is 12.7. The second kappa shape index (κ2) is 5.67. The van der Waals surface area contributed by atoms with Gasteiger partial charge >= 0.3 is 0 Å². The first-order valence-corrected chi connectivity index (χ1v) is 6.84. The maximum Gasteiger partial charge on any atom is 0.0521 e. The molecule has 0 aliphatic carbocycles. The molecule has 1 atom stereocenters. The summed E-state index contributed by atoms with van der Waals surface area (Å²) in [5.41, 5.74) is 9.96. The zero-order valence-electron chi connectivity index (χ0n) is 10.7. The molecule has 0 spiro atoms. The molecular formula is C14H18BrN3. The van der Waals surface area contributed by atoms with Crippen LogP contribution in [0.15, 0.2) is 35.1 Å². The molecule has 96 valence electrons. The number of hydrogen-bond acceptors (Lipinski definition) is 2. The lowest BCUT2D eigenvalue weighted by Crippen LogP contribution is -2.12. The van der Waals surface area contributed by atoms with E-state index in [2.05, 4.69) is 40.1 Å². The number of aryl methyl sites for hydroxylation is 3. The van der Waals surface area contributed by atoms with Gasteiger partial charge in [-0.2, -0.15) is 5.10 Å². The van der Waals surface area contributed by atoms with E-state index in [-0.39, 0.29) is 6.04 Å². The smallest absolute Gasteiger partial charge is 0.0521 e. The average Bonchev–Trinajstić information content (AvgIpc) is 2.72. The Balaban J connectivity index is 2.01. The van der Waals surface area contributed by atoms with Crippen LogP contribution in [0.5, 0.6) is 0 Å². The molecule has 0 radical (unpaired) electrons. The van der Waals surface area contributed by atoms with Gasteiger partial charge in [-0.05, 0) is 48.6 Å². The molecule has 2 rings (SSSR count). The first-order chi connectivity index (χ1) is 8.56. The number of aromatic nitrogens is 2. The van der Waals surface area contributed by atoms with Gasteiger partial charge in [0, 0.05) is 23.8 Å². The fraction of sp³-hybridized carbons (Fsp3) is 0.357. The highest BCUT2D eigenvalue weighted by atomic mass is 79.9. The van der Waals surface area contributed by atoms with Gasteiger partial charge in [0.2, 0.25) is 0 Å². The molecule has 0 saturated carbocycles. The Bertz CT molecular complexity index is 534. The van der Waals surface area contributed by atoms with Gasteiger partial charge in [0.05, 0.1) is 6.20 Å². The van der Waals surface area contributed by atoms with Crippen LogP contribution in [0.4, 0.5) is 0 Å². The molecule has 1 unspecified atom stereocenters. The highest BCUT2D eigenvalue weighted by molar-refractivity contribution is 9.10. The second-order valence-corrected chi connectivity index (χ2v) is 5.58. The highest BCUT2D eigenvalue weighted by Crippen LogP contribution is 2.23. The van der Waals surface area contributed by atoms with Crippen LogP contribution >= 0.6 is 15.9 Å². The Hall–Kier alpha value is -1.13. The molecule has 3 nitrogen and oxygen atoms in total. The summed E-state index contributed by atoms with van der Waals surface area (Å²) in [6.45, 7) is 2.10. The lowest BCUT2D eigenvalue weighted by Gasteiger charge is -2.14. The topological polar surface area (TPSA) is 43.8 Å². The summed E-state index contributed by atoms with van der Waals surface area (Å²) in [5.74, 6) is 0. The van der Waals surface area contributed by atoms with E-state index in [9.17, 15) is 0 Å². The van der Waals surface area contributed by atoms with Crippen molar-refractivity contribution < 1.29 is 0 Å². The van der Waals surface area contributed by atoms with E-state index in [0.29, 0.717) is 0 Å². The fourth-order valence-electron chi connectivity index (χ4n) is 2.13. The van der Waals surface area contributed by atoms with Crippen LogP contribution in [0.25, 0.3) is 0 Å². The van der Waals surface area contributed by atoms with E-state index in [1.54, 1.807) is 0 Å². The maximum absolute atomic E-state index is 6.26. The molecule has 1 heterocycles. The first kappa shape index (κ1) is 13.3. The molecule has 2 N–H and O–H groups in total. The average molecular weight is 308 g/mol. The number of nitrogens with zero attached hydrogens (tertiary/aromatic N) is 2. The molecule has 2 aromatic rings. The molecule has 0 aliphatic heterocycles. The third-order valence-corrected chi connectivity index (χ3v) is 3.63. The van der Waals surface area contributed by atoms with E-state index >= 15 is 0 Å². The van der Waals surface area contributed by atoms with Crippen molar-refractivity contribution in [3.8, 4) is 0 Å². The molecular weight excluding hydrogens is 290 g/mol. The van der Waals surface area contributed by atoms with Crippen LogP contribution in [0, 0.1) is 6.92 Å². The lowest BCUT2D eigenvalue weighted by molar-refractivity contribution is 0.647. The summed E-state index contributed by atoms with van der Waals surface area (Å²) in [7, 11) is 1.93. The Labute approximate surface area is 116 Å². The van der Waals surface area contributed by atoms with Crippen molar-refractivity contribution in [3.63, 3.8) is 0 Å². The van der Waals surface area contributed by atoms with E-state index in [0.717, 1.165) is 17.3 Å². The van der Waals surface area contributed by atoms with Gasteiger partial charge < -0.3 is 5.73 Å². The van der Waals surface area contributed by atoms with Crippen LogP contribution in [-0.4, -0.2) is 9.78 Å². The maximum atomic E-state index is 6.26. The predicted octanol–water partition coefficient (Wildman–Crippen LogP) is 3.12. The number of rotatable bonds is 4. The molecule has 18 heavy (non-hydrogen) atoms. The predicted molar refractivity (Wildman–Crippen MR) is 77.3 cm³/mol. The Morgan fingerprint density at radius 1 is 1.44 bits per heavy atom. The standard InChI is InChI=1S/C14H18BrN3/c1-10-7-12(15)4-5-13(10)14(16)6-3-11-8-17-18(2)9-11/h4-5,7-9,14H,3,6,16H2,1-2H3. The molecule has 0 saturated heterocycles. The van der Waals surface area contributed by atoms with E-state index in [1.807, 2.05) is 30.2 Å². The van der Waals surface area contributed by atoms with Crippen LogP contribution in [-0.2, 0) is 13.5 Å². The third kappa shape index (κ3) is 3.21. The van der Waals surface area contributed by atoms with Crippen LogP contribution < -0.4 is 5.73 Å². The molecule has 0 bridgehead atoms. The number of nitrogens with two attached hydrogens (primary N) is 1. The molecule has 0 amide bonds. The van der Waals surface area contributed by atoms with E-state index in [1.165, 1.54) is 16.7 Å². The minimum absolute atomic E-state index is 0.0818. The van der Waals surface area contributed by atoms with Gasteiger partial charge in [0.25, 0.3) is 0 Å². The minimum atomic E-state index is 0.0818. The Kier molecular flexibility index (Phi) is 4.19. The quantitative estimate of drug-likeness (QED) is 0.943. The largest absolute Gasteiger partial charge is 0.324 e.